The highest BCUT2D eigenvalue weighted by atomic mass is 16.5. The molecule has 5 nitrogen and oxygen atoms in total. The van der Waals surface area contributed by atoms with Gasteiger partial charge in [-0.1, -0.05) is 12.1 Å². The Balaban J connectivity index is 1.35. The van der Waals surface area contributed by atoms with Gasteiger partial charge in [0.05, 0.1) is 0 Å². The number of hydrogen-bond acceptors (Lipinski definition) is 5. The van der Waals surface area contributed by atoms with Gasteiger partial charge in [-0.3, -0.25) is 4.90 Å². The summed E-state index contributed by atoms with van der Waals surface area (Å²) >= 11 is 0. The van der Waals surface area contributed by atoms with E-state index in [0.717, 1.165) is 62.4 Å². The van der Waals surface area contributed by atoms with Crippen LogP contribution >= 0.6 is 0 Å². The molecule has 3 heterocycles. The lowest BCUT2D eigenvalue weighted by Crippen LogP contribution is -2.48. The normalized spacial score (nSPS) is 21.5. The Hall–Kier alpha value is -1.59. The molecule has 4 rings (SSSR count). The quantitative estimate of drug-likeness (QED) is 0.870. The highest BCUT2D eigenvalue weighted by Crippen LogP contribution is 2.23. The number of fused-ring (bicyclic) bond motifs is 1. The van der Waals surface area contributed by atoms with Gasteiger partial charge in [0.2, 0.25) is 0 Å². The number of ether oxygens (including phenoxy) is 1. The van der Waals surface area contributed by atoms with Crippen molar-refractivity contribution in [1.82, 2.24) is 9.88 Å². The smallest absolute Gasteiger partial charge is 0.298 e. The fraction of sp³-hybridized carbons (Fsp3) is 0.588. The lowest BCUT2D eigenvalue weighted by molar-refractivity contribution is 0.0516. The molecule has 0 amide bonds. The van der Waals surface area contributed by atoms with Crippen LogP contribution in [0.3, 0.4) is 0 Å². The van der Waals surface area contributed by atoms with Crippen LogP contribution in [0.5, 0.6) is 0 Å². The summed E-state index contributed by atoms with van der Waals surface area (Å²) in [5.74, 6) is 0.810. The molecule has 0 unspecified atom stereocenters. The predicted octanol–water partition coefficient (Wildman–Crippen LogP) is 2.38. The standard InChI is InChI=1S/C17H23N3O2/c1-2-4-16-15(3-1)18-17(22-16)20-9-7-19(8-10-20)13-14-5-11-21-12-6-14/h1-4,14H,5-13H2. The minimum Gasteiger partial charge on any atom is -0.423 e. The van der Waals surface area contributed by atoms with E-state index in [1.54, 1.807) is 0 Å². The summed E-state index contributed by atoms with van der Waals surface area (Å²) in [6.45, 7) is 7.27. The van der Waals surface area contributed by atoms with Crippen molar-refractivity contribution in [2.75, 3.05) is 50.8 Å². The molecule has 2 aliphatic heterocycles. The zero-order chi connectivity index (χ0) is 14.8. The lowest BCUT2D eigenvalue weighted by atomic mass is 9.99. The highest BCUT2D eigenvalue weighted by molar-refractivity contribution is 5.74. The second-order valence-electron chi connectivity index (χ2n) is 6.31. The molecule has 0 spiro atoms. The summed E-state index contributed by atoms with van der Waals surface area (Å²) in [6, 6.07) is 8.74. The van der Waals surface area contributed by atoms with E-state index >= 15 is 0 Å². The molecule has 22 heavy (non-hydrogen) atoms. The summed E-state index contributed by atoms with van der Waals surface area (Å²) in [5.41, 5.74) is 1.82. The van der Waals surface area contributed by atoms with Crippen molar-refractivity contribution in [3.8, 4) is 0 Å². The molecule has 0 bridgehead atoms. The van der Waals surface area contributed by atoms with Gasteiger partial charge in [0, 0.05) is 45.9 Å². The third-order valence-corrected chi connectivity index (χ3v) is 4.78. The van der Waals surface area contributed by atoms with Crippen LogP contribution in [0.2, 0.25) is 0 Å². The first kappa shape index (κ1) is 14.0. The molecule has 0 saturated carbocycles. The molecule has 5 heteroatoms. The molecule has 2 saturated heterocycles. The molecular weight excluding hydrogens is 278 g/mol. The van der Waals surface area contributed by atoms with Crippen LogP contribution in [-0.4, -0.2) is 55.8 Å². The van der Waals surface area contributed by atoms with Crippen LogP contribution in [0.4, 0.5) is 6.01 Å². The molecule has 1 aromatic heterocycles. The number of oxazole rings is 1. The van der Waals surface area contributed by atoms with Crippen LogP contribution in [0.25, 0.3) is 11.1 Å². The number of para-hydroxylation sites is 2. The molecule has 2 aliphatic rings. The molecule has 2 fully saturated rings. The Morgan fingerprint density at radius 2 is 1.82 bits per heavy atom. The minimum absolute atomic E-state index is 0.770. The van der Waals surface area contributed by atoms with E-state index in [0.29, 0.717) is 0 Å². The lowest BCUT2D eigenvalue weighted by Gasteiger charge is -2.36. The number of rotatable bonds is 3. The monoisotopic (exact) mass is 301 g/mol. The molecule has 1 aromatic carbocycles. The Labute approximate surface area is 130 Å². The van der Waals surface area contributed by atoms with Crippen LogP contribution < -0.4 is 4.90 Å². The third-order valence-electron chi connectivity index (χ3n) is 4.78. The van der Waals surface area contributed by atoms with Crippen molar-refractivity contribution < 1.29 is 9.15 Å². The van der Waals surface area contributed by atoms with Crippen LogP contribution in [0, 0.1) is 5.92 Å². The molecular formula is C17H23N3O2. The van der Waals surface area contributed by atoms with Crippen molar-refractivity contribution >= 4 is 17.1 Å². The number of hydrogen-bond donors (Lipinski definition) is 0. The number of piperazine rings is 1. The summed E-state index contributed by atoms with van der Waals surface area (Å²) in [4.78, 5) is 9.44. The first-order valence-electron chi connectivity index (χ1n) is 8.29. The summed E-state index contributed by atoms with van der Waals surface area (Å²) in [5, 5.41) is 0. The van der Waals surface area contributed by atoms with Gasteiger partial charge in [0.25, 0.3) is 6.01 Å². The van der Waals surface area contributed by atoms with E-state index in [4.69, 9.17) is 9.15 Å². The second kappa shape index (κ2) is 6.26. The van der Waals surface area contributed by atoms with Gasteiger partial charge in [0.15, 0.2) is 5.58 Å². The topological polar surface area (TPSA) is 41.7 Å². The average Bonchev–Trinajstić information content (AvgIpc) is 3.00. The van der Waals surface area contributed by atoms with Crippen molar-refractivity contribution in [3.05, 3.63) is 24.3 Å². The van der Waals surface area contributed by atoms with Gasteiger partial charge in [-0.05, 0) is 30.9 Å². The van der Waals surface area contributed by atoms with Gasteiger partial charge in [-0.2, -0.15) is 4.98 Å². The van der Waals surface area contributed by atoms with E-state index < -0.39 is 0 Å². The van der Waals surface area contributed by atoms with E-state index in [2.05, 4.69) is 14.8 Å². The largest absolute Gasteiger partial charge is 0.423 e. The maximum atomic E-state index is 5.87. The molecule has 0 aliphatic carbocycles. The maximum Gasteiger partial charge on any atom is 0.298 e. The fourth-order valence-electron chi connectivity index (χ4n) is 3.41. The number of anilines is 1. The molecule has 0 atom stereocenters. The van der Waals surface area contributed by atoms with E-state index in [9.17, 15) is 0 Å². The zero-order valence-electron chi connectivity index (χ0n) is 12.9. The van der Waals surface area contributed by atoms with E-state index in [-0.39, 0.29) is 0 Å². The van der Waals surface area contributed by atoms with Crippen molar-refractivity contribution in [2.24, 2.45) is 5.92 Å². The van der Waals surface area contributed by atoms with Crippen LogP contribution in [0.1, 0.15) is 12.8 Å². The number of benzene rings is 1. The Bertz CT molecular complexity index is 580. The second-order valence-corrected chi connectivity index (χ2v) is 6.31. The summed E-state index contributed by atoms with van der Waals surface area (Å²) in [6.07, 6.45) is 2.43. The third kappa shape index (κ3) is 2.96. The van der Waals surface area contributed by atoms with Crippen LogP contribution in [0.15, 0.2) is 28.7 Å². The Kier molecular flexibility index (Phi) is 3.99. The van der Waals surface area contributed by atoms with Crippen LogP contribution in [-0.2, 0) is 4.74 Å². The van der Waals surface area contributed by atoms with Crippen molar-refractivity contribution in [2.45, 2.75) is 12.8 Å². The molecule has 0 radical (unpaired) electrons. The van der Waals surface area contributed by atoms with Crippen molar-refractivity contribution in [3.63, 3.8) is 0 Å². The first-order chi connectivity index (χ1) is 10.9. The van der Waals surface area contributed by atoms with Gasteiger partial charge >= 0.3 is 0 Å². The molecule has 2 aromatic rings. The Morgan fingerprint density at radius 3 is 2.59 bits per heavy atom. The van der Waals surface area contributed by atoms with Gasteiger partial charge in [-0.25, -0.2) is 0 Å². The van der Waals surface area contributed by atoms with Gasteiger partial charge < -0.3 is 14.1 Å². The fourth-order valence-corrected chi connectivity index (χ4v) is 3.41. The summed E-state index contributed by atoms with van der Waals surface area (Å²) in [7, 11) is 0. The predicted molar refractivity (Wildman–Crippen MR) is 86.2 cm³/mol. The Morgan fingerprint density at radius 1 is 1.05 bits per heavy atom. The number of aromatic nitrogens is 1. The van der Waals surface area contributed by atoms with E-state index in [1.807, 2.05) is 24.3 Å². The average molecular weight is 301 g/mol. The van der Waals surface area contributed by atoms with Crippen molar-refractivity contribution in [1.29, 1.82) is 0 Å². The number of nitrogens with zero attached hydrogens (tertiary/aromatic N) is 3. The first-order valence-corrected chi connectivity index (χ1v) is 8.29. The zero-order valence-corrected chi connectivity index (χ0v) is 12.9. The van der Waals surface area contributed by atoms with E-state index in [1.165, 1.54) is 19.4 Å². The minimum atomic E-state index is 0.770. The van der Waals surface area contributed by atoms with Gasteiger partial charge in [-0.15, -0.1) is 0 Å². The SMILES string of the molecule is c1ccc2oc(N3CCN(CC4CCOCC4)CC3)nc2c1. The maximum absolute atomic E-state index is 5.87. The molecule has 0 N–H and O–H groups in total. The highest BCUT2D eigenvalue weighted by Gasteiger charge is 2.23. The molecule has 118 valence electrons. The van der Waals surface area contributed by atoms with Gasteiger partial charge in [0.1, 0.15) is 5.52 Å². The summed E-state index contributed by atoms with van der Waals surface area (Å²) < 4.78 is 11.3.